The van der Waals surface area contributed by atoms with Crippen LogP contribution in [0.5, 0.6) is 0 Å². The number of azo groups is 1. The summed E-state index contributed by atoms with van der Waals surface area (Å²) in [7, 11) is 2.52. The number of nitrogens with zero attached hydrogens (tertiary/aromatic N) is 4. The number of hydrogen-bond donors (Lipinski definition) is 0. The summed E-state index contributed by atoms with van der Waals surface area (Å²) in [6.45, 7) is 10.2. The van der Waals surface area contributed by atoms with Gasteiger partial charge in [0.2, 0.25) is 0 Å². The fourth-order valence-corrected chi connectivity index (χ4v) is 1.36. The summed E-state index contributed by atoms with van der Waals surface area (Å²) in [5, 5.41) is 17.0. The van der Waals surface area contributed by atoms with Crippen LogP contribution in [0.1, 0.15) is 39.5 Å². The molecule has 0 aliphatic carbocycles. The Labute approximate surface area is 129 Å². The van der Waals surface area contributed by atoms with Crippen LogP contribution in [0.2, 0.25) is 0 Å². The summed E-state index contributed by atoms with van der Waals surface area (Å²) < 4.78 is 9.03. The van der Waals surface area contributed by atoms with Crippen molar-refractivity contribution in [1.82, 2.24) is 0 Å². The van der Waals surface area contributed by atoms with Crippen LogP contribution < -0.4 is 0 Å². The van der Waals surface area contributed by atoms with E-state index >= 15 is 0 Å². The number of methoxy groups -OCH3 is 2. The van der Waals surface area contributed by atoms with E-state index in [1.807, 2.05) is 6.07 Å². The first kappa shape index (κ1) is 19.5. The molecular weight excluding hydrogens is 288 g/mol. The lowest BCUT2D eigenvalue weighted by molar-refractivity contribution is -0.141. The summed E-state index contributed by atoms with van der Waals surface area (Å²) in [6.07, 6.45) is 0.312. The largest absolute Gasteiger partial charge is 0.469 e. The second-order valence-corrected chi connectivity index (χ2v) is 5.07. The molecule has 0 spiro atoms. The van der Waals surface area contributed by atoms with E-state index in [2.05, 4.69) is 24.5 Å². The van der Waals surface area contributed by atoms with Crippen LogP contribution in [0.15, 0.2) is 10.2 Å². The lowest BCUT2D eigenvalue weighted by atomic mass is 9.99. The Kier molecular flexibility index (Phi) is 7.74. The maximum absolute atomic E-state index is 11.1. The minimum absolute atomic E-state index is 0.0243. The molecule has 0 saturated heterocycles. The molecule has 0 bridgehead atoms. The smallest absolute Gasteiger partial charge is 0.338 e. The molecular formula is C14H20N4O4. The molecule has 8 heteroatoms. The van der Waals surface area contributed by atoms with Crippen molar-refractivity contribution < 1.29 is 19.1 Å². The number of hydrogen-bond acceptors (Lipinski definition) is 7. The van der Waals surface area contributed by atoms with Gasteiger partial charge in [0.1, 0.15) is 0 Å². The van der Waals surface area contributed by atoms with Gasteiger partial charge in [-0.25, -0.2) is 6.57 Å². The molecule has 120 valence electrons. The molecule has 0 aromatic carbocycles. The lowest BCUT2D eigenvalue weighted by Crippen LogP contribution is -2.24. The minimum atomic E-state index is -1.25. The van der Waals surface area contributed by atoms with E-state index in [4.69, 9.17) is 6.57 Å². The number of ether oxygens (including phenoxy) is 2. The molecule has 0 fully saturated rings. The summed E-state index contributed by atoms with van der Waals surface area (Å²) in [5.74, 6) is -0.894. The topological polar surface area (TPSA) is 105 Å². The molecule has 0 saturated carbocycles. The van der Waals surface area contributed by atoms with Gasteiger partial charge in [-0.1, -0.05) is 0 Å². The highest BCUT2D eigenvalue weighted by Crippen LogP contribution is 2.25. The van der Waals surface area contributed by atoms with E-state index < -0.39 is 23.1 Å². The van der Waals surface area contributed by atoms with Crippen LogP contribution in [-0.4, -0.2) is 37.4 Å². The first-order chi connectivity index (χ1) is 10.2. The highest BCUT2D eigenvalue weighted by Gasteiger charge is 2.33. The molecule has 0 aromatic heterocycles. The van der Waals surface area contributed by atoms with Crippen molar-refractivity contribution in [3.8, 4) is 6.07 Å². The van der Waals surface area contributed by atoms with E-state index in [0.29, 0.717) is 0 Å². The predicted molar refractivity (Wildman–Crippen MR) is 76.4 cm³/mol. The molecule has 0 amide bonds. The summed E-state index contributed by atoms with van der Waals surface area (Å²) >= 11 is 0. The first-order valence-corrected chi connectivity index (χ1v) is 6.62. The predicted octanol–water partition coefficient (Wildman–Crippen LogP) is 2.26. The van der Waals surface area contributed by atoms with Crippen LogP contribution in [0.3, 0.4) is 0 Å². The number of esters is 2. The first-order valence-electron chi connectivity index (χ1n) is 6.62. The monoisotopic (exact) mass is 308 g/mol. The van der Waals surface area contributed by atoms with Gasteiger partial charge in [-0.2, -0.15) is 10.4 Å². The zero-order chi connectivity index (χ0) is 17.2. The second-order valence-electron chi connectivity index (χ2n) is 5.07. The Morgan fingerprint density at radius 3 is 2.05 bits per heavy atom. The van der Waals surface area contributed by atoms with Crippen molar-refractivity contribution in [3.05, 3.63) is 11.4 Å². The van der Waals surface area contributed by atoms with Gasteiger partial charge in [-0.15, -0.1) is 5.11 Å². The third-order valence-electron chi connectivity index (χ3n) is 3.04. The molecule has 0 aliphatic heterocycles. The van der Waals surface area contributed by atoms with Crippen LogP contribution in [0.4, 0.5) is 0 Å². The number of carbonyl (C=O) groups excluding carboxylic acids is 2. The van der Waals surface area contributed by atoms with Gasteiger partial charge in [0.15, 0.2) is 5.54 Å². The number of carbonyl (C=O) groups is 2. The van der Waals surface area contributed by atoms with Gasteiger partial charge in [0, 0.05) is 13.3 Å². The van der Waals surface area contributed by atoms with Gasteiger partial charge in [-0.3, -0.25) is 14.4 Å². The number of rotatable bonds is 8. The summed E-state index contributed by atoms with van der Waals surface area (Å²) in [4.78, 5) is 25.6. The van der Waals surface area contributed by atoms with E-state index in [0.717, 1.165) is 0 Å². The molecule has 2 unspecified atom stereocenters. The van der Waals surface area contributed by atoms with Crippen LogP contribution >= 0.6 is 0 Å². The minimum Gasteiger partial charge on any atom is -0.469 e. The Morgan fingerprint density at radius 1 is 1.14 bits per heavy atom. The maximum atomic E-state index is 11.1. The van der Waals surface area contributed by atoms with Crippen molar-refractivity contribution in [1.29, 1.82) is 5.26 Å². The lowest BCUT2D eigenvalue weighted by Gasteiger charge is -2.16. The third-order valence-corrected chi connectivity index (χ3v) is 3.04. The highest BCUT2D eigenvalue weighted by molar-refractivity contribution is 5.69. The fourth-order valence-electron chi connectivity index (χ4n) is 1.36. The SMILES string of the molecule is [C-]#[N+]C(C)(CCC(=O)OC)N=NC(C)(C#N)CCC(=O)OC. The second kappa shape index (κ2) is 8.73. The standard InChI is InChI=1S/C14H20N4O4/c1-13(10-15,8-6-11(19)21-4)17-18-14(2,16-3)9-7-12(20)22-5/h6-9H2,1-2,4-5H3. The van der Waals surface area contributed by atoms with Gasteiger partial charge >= 0.3 is 17.6 Å². The van der Waals surface area contributed by atoms with Crippen LogP contribution in [-0.2, 0) is 19.1 Å². The molecule has 0 aromatic rings. The molecule has 2 atom stereocenters. The molecule has 0 N–H and O–H groups in total. The van der Waals surface area contributed by atoms with Gasteiger partial charge in [-0.05, 0) is 13.3 Å². The maximum Gasteiger partial charge on any atom is 0.338 e. The summed E-state index contributed by atoms with van der Waals surface area (Å²) in [6, 6.07) is 1.97. The van der Waals surface area contributed by atoms with Gasteiger partial charge < -0.3 is 9.47 Å². The van der Waals surface area contributed by atoms with E-state index in [1.165, 1.54) is 28.1 Å². The van der Waals surface area contributed by atoms with Crippen molar-refractivity contribution in [3.63, 3.8) is 0 Å². The summed E-state index contributed by atoms with van der Waals surface area (Å²) in [5.41, 5.74) is -2.48. The van der Waals surface area contributed by atoms with E-state index in [9.17, 15) is 14.9 Å². The van der Waals surface area contributed by atoms with Crippen LogP contribution in [0, 0.1) is 17.9 Å². The molecule has 0 radical (unpaired) electrons. The average molecular weight is 308 g/mol. The molecule has 8 nitrogen and oxygen atoms in total. The van der Waals surface area contributed by atoms with Crippen molar-refractivity contribution in [2.75, 3.05) is 14.2 Å². The molecule has 0 aliphatic rings. The average Bonchev–Trinajstić information content (AvgIpc) is 2.55. The highest BCUT2D eigenvalue weighted by atomic mass is 16.5. The molecule has 0 heterocycles. The van der Waals surface area contributed by atoms with Crippen molar-refractivity contribution >= 4 is 11.9 Å². The van der Waals surface area contributed by atoms with E-state index in [-0.39, 0.29) is 25.7 Å². The Balaban J connectivity index is 4.91. The number of nitriles is 1. The molecule has 22 heavy (non-hydrogen) atoms. The Hall–Kier alpha value is -2.48. The zero-order valence-corrected chi connectivity index (χ0v) is 13.3. The quantitative estimate of drug-likeness (QED) is 0.388. The van der Waals surface area contributed by atoms with Crippen molar-refractivity contribution in [2.45, 2.75) is 50.7 Å². The normalized spacial score (nSPS) is 15.9. The van der Waals surface area contributed by atoms with Crippen molar-refractivity contribution in [2.24, 2.45) is 10.2 Å². The Bertz CT molecular complexity index is 474. The van der Waals surface area contributed by atoms with E-state index in [1.54, 1.807) is 0 Å². The van der Waals surface area contributed by atoms with Crippen LogP contribution in [0.25, 0.3) is 4.85 Å². The molecule has 0 rings (SSSR count). The zero-order valence-electron chi connectivity index (χ0n) is 13.3. The fraction of sp³-hybridized carbons (Fsp3) is 0.714. The van der Waals surface area contributed by atoms with Gasteiger partial charge in [0.25, 0.3) is 0 Å². The van der Waals surface area contributed by atoms with Gasteiger partial charge in [0.05, 0.1) is 33.1 Å². The third kappa shape index (κ3) is 6.80. The Morgan fingerprint density at radius 2 is 1.64 bits per heavy atom.